The molecule has 8 heteroatoms. The number of likely N-dealkylation sites (N-methyl/N-ethyl adjacent to an activating group) is 1. The Morgan fingerprint density at radius 2 is 1.87 bits per heavy atom. The lowest BCUT2D eigenvalue weighted by molar-refractivity contribution is -0.132. The highest BCUT2D eigenvalue weighted by molar-refractivity contribution is 14.0. The summed E-state index contributed by atoms with van der Waals surface area (Å²) in [5.41, 5.74) is 2.34. The summed E-state index contributed by atoms with van der Waals surface area (Å²) < 4.78 is 0. The molecule has 0 atom stereocenters. The number of nitrogens with zero attached hydrogens (tertiary/aromatic N) is 3. The van der Waals surface area contributed by atoms with Gasteiger partial charge in [0.05, 0.1) is 6.54 Å². The predicted octanol–water partition coefficient (Wildman–Crippen LogP) is 2.39. The van der Waals surface area contributed by atoms with Gasteiger partial charge in [0.1, 0.15) is 0 Å². The Morgan fingerprint density at radius 1 is 1.20 bits per heavy atom. The van der Waals surface area contributed by atoms with E-state index in [-0.39, 0.29) is 47.9 Å². The van der Waals surface area contributed by atoms with Gasteiger partial charge in [0.25, 0.3) is 0 Å². The van der Waals surface area contributed by atoms with E-state index in [0.717, 1.165) is 19.4 Å². The first-order chi connectivity index (χ1) is 13.7. The summed E-state index contributed by atoms with van der Waals surface area (Å²) in [5.74, 6) is 0.783. The zero-order valence-electron chi connectivity index (χ0n) is 18.8. The van der Waals surface area contributed by atoms with Crippen LogP contribution in [0.5, 0.6) is 0 Å². The lowest BCUT2D eigenvalue weighted by atomic mass is 9.99. The third-order valence-corrected chi connectivity index (χ3v) is 4.80. The molecule has 1 heterocycles. The van der Waals surface area contributed by atoms with Gasteiger partial charge in [-0.3, -0.25) is 14.6 Å². The average Bonchev–Trinajstić information content (AvgIpc) is 2.65. The molecular weight excluding hydrogens is 493 g/mol. The average molecular weight is 529 g/mol. The monoisotopic (exact) mass is 529 g/mol. The number of carbonyl (C=O) groups excluding carboxylic acids is 2. The van der Waals surface area contributed by atoms with Gasteiger partial charge in [0, 0.05) is 45.7 Å². The normalized spacial score (nSPS) is 13.8. The van der Waals surface area contributed by atoms with Gasteiger partial charge in [-0.25, -0.2) is 0 Å². The fraction of sp³-hybridized carbons (Fsp3) is 0.591. The van der Waals surface area contributed by atoms with Gasteiger partial charge in [-0.1, -0.05) is 24.3 Å². The van der Waals surface area contributed by atoms with E-state index in [1.165, 1.54) is 11.1 Å². The first kappa shape index (κ1) is 26.2. The molecule has 2 rings (SSSR count). The number of halogens is 1. The Morgan fingerprint density at radius 3 is 2.50 bits per heavy atom. The van der Waals surface area contributed by atoms with Crippen LogP contribution < -0.4 is 10.6 Å². The second-order valence-electron chi connectivity index (χ2n) is 8.57. The SMILES string of the molecule is CN=C(NCCCC(=O)N1CCc2ccccc2C1)N(C)CC(=O)NC(C)(C)C.I. The van der Waals surface area contributed by atoms with E-state index < -0.39 is 0 Å². The molecule has 0 saturated heterocycles. The van der Waals surface area contributed by atoms with E-state index in [1.807, 2.05) is 38.8 Å². The van der Waals surface area contributed by atoms with Crippen LogP contribution in [0.15, 0.2) is 29.3 Å². The highest BCUT2D eigenvalue weighted by atomic mass is 127. The van der Waals surface area contributed by atoms with Gasteiger partial charge < -0.3 is 20.4 Å². The minimum absolute atomic E-state index is 0. The van der Waals surface area contributed by atoms with E-state index >= 15 is 0 Å². The third kappa shape index (κ3) is 8.49. The molecule has 0 bridgehead atoms. The minimum Gasteiger partial charge on any atom is -0.356 e. The van der Waals surface area contributed by atoms with Gasteiger partial charge in [0.2, 0.25) is 11.8 Å². The van der Waals surface area contributed by atoms with E-state index in [9.17, 15) is 9.59 Å². The minimum atomic E-state index is -0.260. The number of benzene rings is 1. The molecule has 0 aromatic heterocycles. The third-order valence-electron chi connectivity index (χ3n) is 4.80. The molecule has 2 amide bonds. The molecule has 1 aliphatic rings. The fourth-order valence-electron chi connectivity index (χ4n) is 3.44. The van der Waals surface area contributed by atoms with Crippen LogP contribution in [0, 0.1) is 0 Å². The highest BCUT2D eigenvalue weighted by Gasteiger charge is 2.20. The van der Waals surface area contributed by atoms with Crippen LogP contribution >= 0.6 is 24.0 Å². The Labute approximate surface area is 197 Å². The van der Waals surface area contributed by atoms with Gasteiger partial charge in [0.15, 0.2) is 5.96 Å². The lowest BCUT2D eigenvalue weighted by Crippen LogP contribution is -2.48. The van der Waals surface area contributed by atoms with Crippen molar-refractivity contribution in [2.75, 3.05) is 33.7 Å². The van der Waals surface area contributed by atoms with Crippen LogP contribution in [0.3, 0.4) is 0 Å². The lowest BCUT2D eigenvalue weighted by Gasteiger charge is -2.29. The number of guanidine groups is 1. The van der Waals surface area contributed by atoms with Crippen molar-refractivity contribution in [2.45, 2.75) is 52.1 Å². The summed E-state index contributed by atoms with van der Waals surface area (Å²) in [4.78, 5) is 32.6. The molecule has 0 radical (unpaired) electrons. The van der Waals surface area contributed by atoms with Crippen LogP contribution in [0.25, 0.3) is 0 Å². The zero-order valence-corrected chi connectivity index (χ0v) is 21.2. The number of carbonyl (C=O) groups is 2. The quantitative estimate of drug-likeness (QED) is 0.257. The molecule has 0 spiro atoms. The number of nitrogens with one attached hydrogen (secondary N) is 2. The zero-order chi connectivity index (χ0) is 21.4. The van der Waals surface area contributed by atoms with Gasteiger partial charge >= 0.3 is 0 Å². The standard InChI is InChI=1S/C22H35N5O2.HI/c1-22(2,3)25-19(28)16-26(5)21(23-4)24-13-8-11-20(29)27-14-12-17-9-6-7-10-18(17)15-27;/h6-7,9-10H,8,11-16H2,1-5H3,(H,23,24)(H,25,28);1H. The van der Waals surface area contributed by atoms with Crippen molar-refractivity contribution in [1.82, 2.24) is 20.4 Å². The summed E-state index contributed by atoms with van der Waals surface area (Å²) >= 11 is 0. The summed E-state index contributed by atoms with van der Waals surface area (Å²) in [6.07, 6.45) is 2.15. The molecule has 1 aromatic carbocycles. The maximum atomic E-state index is 12.5. The molecule has 0 fully saturated rings. The van der Waals surface area contributed by atoms with Crippen molar-refractivity contribution in [3.8, 4) is 0 Å². The molecule has 30 heavy (non-hydrogen) atoms. The molecule has 0 aliphatic carbocycles. The van der Waals surface area contributed by atoms with Crippen molar-refractivity contribution >= 4 is 41.8 Å². The predicted molar refractivity (Wildman–Crippen MR) is 132 cm³/mol. The van der Waals surface area contributed by atoms with Crippen molar-refractivity contribution < 1.29 is 9.59 Å². The molecule has 168 valence electrons. The molecule has 7 nitrogen and oxygen atoms in total. The smallest absolute Gasteiger partial charge is 0.240 e. The molecule has 1 aliphatic heterocycles. The van der Waals surface area contributed by atoms with Crippen LogP contribution in [-0.4, -0.2) is 66.8 Å². The number of amides is 2. The number of fused-ring (bicyclic) bond motifs is 1. The maximum Gasteiger partial charge on any atom is 0.240 e. The Kier molecular flexibility index (Phi) is 10.6. The van der Waals surface area contributed by atoms with Crippen molar-refractivity contribution in [2.24, 2.45) is 4.99 Å². The van der Waals surface area contributed by atoms with Crippen LogP contribution in [0.1, 0.15) is 44.7 Å². The number of rotatable bonds is 6. The summed E-state index contributed by atoms with van der Waals surface area (Å²) in [6, 6.07) is 8.33. The molecule has 0 saturated carbocycles. The summed E-state index contributed by atoms with van der Waals surface area (Å²) in [7, 11) is 3.52. The van der Waals surface area contributed by atoms with E-state index in [4.69, 9.17) is 0 Å². The maximum absolute atomic E-state index is 12.5. The van der Waals surface area contributed by atoms with Crippen molar-refractivity contribution in [1.29, 1.82) is 0 Å². The second-order valence-corrected chi connectivity index (χ2v) is 8.57. The topological polar surface area (TPSA) is 77.0 Å². The Balaban J connectivity index is 0.00000450. The molecule has 1 aromatic rings. The molecule has 2 N–H and O–H groups in total. The van der Waals surface area contributed by atoms with Crippen molar-refractivity contribution in [3.63, 3.8) is 0 Å². The van der Waals surface area contributed by atoms with Gasteiger partial charge in [-0.05, 0) is 44.7 Å². The van der Waals surface area contributed by atoms with Crippen LogP contribution in [0.4, 0.5) is 0 Å². The first-order valence-electron chi connectivity index (χ1n) is 10.3. The highest BCUT2D eigenvalue weighted by Crippen LogP contribution is 2.19. The largest absolute Gasteiger partial charge is 0.356 e. The van der Waals surface area contributed by atoms with Crippen LogP contribution in [-0.2, 0) is 22.6 Å². The van der Waals surface area contributed by atoms with Crippen molar-refractivity contribution in [3.05, 3.63) is 35.4 Å². The van der Waals surface area contributed by atoms with Gasteiger partial charge in [-0.2, -0.15) is 0 Å². The summed E-state index contributed by atoms with van der Waals surface area (Å²) in [5, 5.41) is 6.18. The molecule has 0 unspecified atom stereocenters. The first-order valence-corrected chi connectivity index (χ1v) is 10.3. The van der Waals surface area contributed by atoms with E-state index in [2.05, 4.69) is 33.8 Å². The van der Waals surface area contributed by atoms with Gasteiger partial charge in [-0.15, -0.1) is 24.0 Å². The van der Waals surface area contributed by atoms with E-state index in [1.54, 1.807) is 11.9 Å². The second kappa shape index (κ2) is 12.1. The fourth-order valence-corrected chi connectivity index (χ4v) is 3.44. The van der Waals surface area contributed by atoms with Crippen LogP contribution in [0.2, 0.25) is 0 Å². The number of aliphatic imine (C=N–C) groups is 1. The Bertz CT molecular complexity index is 745. The molecular formula is C22H36IN5O2. The van der Waals surface area contributed by atoms with E-state index in [0.29, 0.717) is 25.5 Å². The number of hydrogen-bond donors (Lipinski definition) is 2. The number of hydrogen-bond acceptors (Lipinski definition) is 3. The summed E-state index contributed by atoms with van der Waals surface area (Å²) in [6.45, 7) is 8.21. The Hall–Kier alpha value is -1.84.